The van der Waals surface area contributed by atoms with E-state index in [2.05, 4.69) is 5.10 Å². The van der Waals surface area contributed by atoms with Crippen LogP contribution in [-0.2, 0) is 16.6 Å². The molecule has 0 aromatic carbocycles. The molecule has 15 heavy (non-hydrogen) atoms. The van der Waals surface area contributed by atoms with Crippen LogP contribution in [-0.4, -0.2) is 22.4 Å². The number of ether oxygens (including phenoxy) is 1. The Balaban J connectivity index is 2.51. The fourth-order valence-corrected chi connectivity index (χ4v) is 1.28. The van der Waals surface area contributed by atoms with E-state index in [1.807, 2.05) is 26.2 Å². The van der Waals surface area contributed by atoms with E-state index < -0.39 is 0 Å². The summed E-state index contributed by atoms with van der Waals surface area (Å²) in [5.41, 5.74) is 1.99. The van der Waals surface area contributed by atoms with Gasteiger partial charge < -0.3 is 4.74 Å². The van der Waals surface area contributed by atoms with Crippen LogP contribution in [0.3, 0.4) is 0 Å². The molecule has 1 heterocycles. The number of rotatable bonds is 4. The van der Waals surface area contributed by atoms with Gasteiger partial charge in [-0.15, -0.1) is 0 Å². The predicted molar refractivity (Wildman–Crippen MR) is 58.2 cm³/mol. The Morgan fingerprint density at radius 3 is 2.93 bits per heavy atom. The van der Waals surface area contributed by atoms with Gasteiger partial charge in [-0.3, -0.25) is 9.48 Å². The van der Waals surface area contributed by atoms with Gasteiger partial charge in [-0.1, -0.05) is 12.2 Å². The molecule has 0 saturated heterocycles. The Kier molecular flexibility index (Phi) is 4.09. The number of nitrogens with zero attached hydrogens (tertiary/aromatic N) is 2. The third-order valence-corrected chi connectivity index (χ3v) is 1.94. The van der Waals surface area contributed by atoms with Crippen LogP contribution in [0.5, 0.6) is 0 Å². The van der Waals surface area contributed by atoms with Crippen molar-refractivity contribution in [3.05, 3.63) is 23.5 Å². The molecule has 4 heteroatoms. The molecule has 82 valence electrons. The monoisotopic (exact) mass is 208 g/mol. The van der Waals surface area contributed by atoms with Crippen molar-refractivity contribution < 1.29 is 9.53 Å². The molecule has 0 bridgehead atoms. The fraction of sp³-hybridized carbons (Fsp3) is 0.455. The zero-order valence-electron chi connectivity index (χ0n) is 9.36. The highest BCUT2D eigenvalue weighted by Gasteiger charge is 2.00. The smallest absolute Gasteiger partial charge is 0.309 e. The van der Waals surface area contributed by atoms with Crippen LogP contribution >= 0.6 is 0 Å². The van der Waals surface area contributed by atoms with Crippen molar-refractivity contribution in [1.29, 1.82) is 0 Å². The van der Waals surface area contributed by atoms with Crippen LogP contribution in [0.25, 0.3) is 6.08 Å². The van der Waals surface area contributed by atoms with E-state index in [-0.39, 0.29) is 5.97 Å². The summed E-state index contributed by atoms with van der Waals surface area (Å²) in [6.45, 7) is 4.16. The standard InChI is InChI=1S/C11H16N2O2/c1-4-15-11(14)7-5-6-10-8-13(3)12-9(10)2/h5-6,8H,4,7H2,1-3H3. The Hall–Kier alpha value is -1.58. The van der Waals surface area contributed by atoms with E-state index in [1.54, 1.807) is 17.7 Å². The van der Waals surface area contributed by atoms with Crippen molar-refractivity contribution in [2.75, 3.05) is 6.61 Å². The van der Waals surface area contributed by atoms with Gasteiger partial charge in [-0.25, -0.2) is 0 Å². The summed E-state index contributed by atoms with van der Waals surface area (Å²) < 4.78 is 6.55. The van der Waals surface area contributed by atoms with Gasteiger partial charge in [0.25, 0.3) is 0 Å². The first-order valence-corrected chi connectivity index (χ1v) is 4.96. The molecule has 0 aliphatic heterocycles. The first-order chi connectivity index (χ1) is 7.13. The lowest BCUT2D eigenvalue weighted by Crippen LogP contribution is -2.01. The number of carbonyl (C=O) groups excluding carboxylic acids is 1. The van der Waals surface area contributed by atoms with E-state index >= 15 is 0 Å². The third-order valence-electron chi connectivity index (χ3n) is 1.94. The maximum atomic E-state index is 11.0. The largest absolute Gasteiger partial charge is 0.466 e. The highest BCUT2D eigenvalue weighted by Crippen LogP contribution is 2.07. The van der Waals surface area contributed by atoms with Crippen molar-refractivity contribution >= 4 is 12.0 Å². The summed E-state index contributed by atoms with van der Waals surface area (Å²) >= 11 is 0. The molecule has 0 aliphatic carbocycles. The summed E-state index contributed by atoms with van der Waals surface area (Å²) in [6.07, 6.45) is 5.90. The van der Waals surface area contributed by atoms with Crippen molar-refractivity contribution in [2.24, 2.45) is 7.05 Å². The quantitative estimate of drug-likeness (QED) is 0.707. The predicted octanol–water partition coefficient (Wildman–Crippen LogP) is 1.69. The second-order valence-electron chi connectivity index (χ2n) is 3.26. The zero-order chi connectivity index (χ0) is 11.3. The van der Waals surface area contributed by atoms with Crippen LogP contribution < -0.4 is 0 Å². The van der Waals surface area contributed by atoms with E-state index in [0.29, 0.717) is 13.0 Å². The van der Waals surface area contributed by atoms with Gasteiger partial charge in [0.05, 0.1) is 18.7 Å². The van der Waals surface area contributed by atoms with E-state index in [4.69, 9.17) is 4.74 Å². The van der Waals surface area contributed by atoms with Crippen molar-refractivity contribution in [2.45, 2.75) is 20.3 Å². The van der Waals surface area contributed by atoms with Gasteiger partial charge in [0.15, 0.2) is 0 Å². The molecule has 0 atom stereocenters. The van der Waals surface area contributed by atoms with E-state index in [1.165, 1.54) is 0 Å². The van der Waals surface area contributed by atoms with Crippen molar-refractivity contribution in [3.8, 4) is 0 Å². The summed E-state index contributed by atoms with van der Waals surface area (Å²) in [5.74, 6) is -0.199. The van der Waals surface area contributed by atoms with Crippen LogP contribution in [0, 0.1) is 6.92 Å². The maximum absolute atomic E-state index is 11.0. The van der Waals surface area contributed by atoms with Gasteiger partial charge in [0.2, 0.25) is 0 Å². The first kappa shape index (κ1) is 11.5. The summed E-state index contributed by atoms with van der Waals surface area (Å²) in [5, 5.41) is 4.19. The lowest BCUT2D eigenvalue weighted by molar-refractivity contribution is -0.142. The Bertz CT molecular complexity index is 367. The average Bonchev–Trinajstić information content (AvgIpc) is 2.46. The van der Waals surface area contributed by atoms with Gasteiger partial charge in [0, 0.05) is 18.8 Å². The number of carbonyl (C=O) groups is 1. The second-order valence-corrected chi connectivity index (χ2v) is 3.26. The molecule has 4 nitrogen and oxygen atoms in total. The molecular formula is C11H16N2O2. The molecule has 0 unspecified atom stereocenters. The molecule has 0 N–H and O–H groups in total. The zero-order valence-corrected chi connectivity index (χ0v) is 9.36. The Labute approximate surface area is 89.5 Å². The minimum absolute atomic E-state index is 0.199. The molecule has 1 aromatic rings. The number of esters is 1. The lowest BCUT2D eigenvalue weighted by Gasteiger charge is -1.96. The number of aromatic nitrogens is 2. The molecule has 1 aromatic heterocycles. The SMILES string of the molecule is CCOC(=O)CC=Cc1cn(C)nc1C. The van der Waals surface area contributed by atoms with Crippen molar-refractivity contribution in [1.82, 2.24) is 9.78 Å². The third kappa shape index (κ3) is 3.58. The van der Waals surface area contributed by atoms with Crippen molar-refractivity contribution in [3.63, 3.8) is 0 Å². The fourth-order valence-electron chi connectivity index (χ4n) is 1.28. The lowest BCUT2D eigenvalue weighted by atomic mass is 10.2. The molecule has 0 aliphatic rings. The molecule has 0 radical (unpaired) electrons. The highest BCUT2D eigenvalue weighted by molar-refractivity contribution is 5.72. The van der Waals surface area contributed by atoms with Crippen LogP contribution in [0.4, 0.5) is 0 Å². The normalized spacial score (nSPS) is 10.9. The number of hydrogen-bond acceptors (Lipinski definition) is 3. The minimum atomic E-state index is -0.199. The van der Waals surface area contributed by atoms with Gasteiger partial charge in [-0.2, -0.15) is 5.10 Å². The van der Waals surface area contributed by atoms with Crippen LogP contribution in [0.2, 0.25) is 0 Å². The summed E-state index contributed by atoms with van der Waals surface area (Å²) in [7, 11) is 1.87. The number of aryl methyl sites for hydroxylation is 2. The van der Waals surface area contributed by atoms with Gasteiger partial charge in [0.1, 0.15) is 0 Å². The second kappa shape index (κ2) is 5.34. The van der Waals surface area contributed by atoms with Crippen LogP contribution in [0.15, 0.2) is 12.3 Å². The molecule has 0 amide bonds. The van der Waals surface area contributed by atoms with Gasteiger partial charge >= 0.3 is 5.97 Å². The molecule has 0 saturated carbocycles. The first-order valence-electron chi connectivity index (χ1n) is 4.96. The van der Waals surface area contributed by atoms with Gasteiger partial charge in [-0.05, 0) is 13.8 Å². The molecular weight excluding hydrogens is 192 g/mol. The summed E-state index contributed by atoms with van der Waals surface area (Å²) in [6, 6.07) is 0. The highest BCUT2D eigenvalue weighted by atomic mass is 16.5. The summed E-state index contributed by atoms with van der Waals surface area (Å²) in [4.78, 5) is 11.0. The topological polar surface area (TPSA) is 44.1 Å². The maximum Gasteiger partial charge on any atom is 0.309 e. The molecule has 0 fully saturated rings. The van der Waals surface area contributed by atoms with E-state index in [0.717, 1.165) is 11.3 Å². The molecule has 1 rings (SSSR count). The Morgan fingerprint density at radius 2 is 2.40 bits per heavy atom. The number of hydrogen-bond donors (Lipinski definition) is 0. The minimum Gasteiger partial charge on any atom is -0.466 e. The molecule has 0 spiro atoms. The average molecular weight is 208 g/mol. The van der Waals surface area contributed by atoms with Crippen LogP contribution in [0.1, 0.15) is 24.6 Å². The van der Waals surface area contributed by atoms with E-state index in [9.17, 15) is 4.79 Å². The Morgan fingerprint density at radius 1 is 1.67 bits per heavy atom.